The lowest BCUT2D eigenvalue weighted by Gasteiger charge is -2.47. The monoisotopic (exact) mass is 821 g/mol. The zero-order chi connectivity index (χ0) is 40.3. The summed E-state index contributed by atoms with van der Waals surface area (Å²) in [5, 5.41) is 8.62. The predicted molar refractivity (Wildman–Crippen MR) is 254 cm³/mol. The first-order chi connectivity index (χ1) is 30.2. The third-order valence-corrected chi connectivity index (χ3v) is 21.3. The van der Waals surface area contributed by atoms with Crippen molar-refractivity contribution in [3.63, 3.8) is 0 Å². The SMILES string of the molecule is C1=CC(C2NC(C3=CCC(C4CCCCC4)CC3)CC(C3CCC(C4=CCCC(C5CCCC6=C5C5CCC=CC5C65C6C=CCCC6C6CCC=CC65)C4)CC3)N2)CCC1. The number of allylic oxidation sites excluding steroid dienone is 12. The molecule has 1 spiro atoms. The average Bonchev–Trinajstić information content (AvgIpc) is 3.82. The molecule has 2 N–H and O–H groups in total. The summed E-state index contributed by atoms with van der Waals surface area (Å²) in [6, 6.07) is 1.26. The quantitative estimate of drug-likeness (QED) is 0.261. The topological polar surface area (TPSA) is 24.1 Å². The molecule has 61 heavy (non-hydrogen) atoms. The van der Waals surface area contributed by atoms with Crippen LogP contribution in [0.25, 0.3) is 0 Å². The summed E-state index contributed by atoms with van der Waals surface area (Å²) in [7, 11) is 0. The Morgan fingerprint density at radius 1 is 0.492 bits per heavy atom. The first-order valence-corrected chi connectivity index (χ1v) is 27.5. The summed E-state index contributed by atoms with van der Waals surface area (Å²) in [6.45, 7) is 0. The first kappa shape index (κ1) is 40.6. The van der Waals surface area contributed by atoms with E-state index >= 15 is 0 Å². The van der Waals surface area contributed by atoms with E-state index in [1.165, 1.54) is 180 Å². The minimum atomic E-state index is 0.392. The lowest BCUT2D eigenvalue weighted by Crippen LogP contribution is -2.63. The van der Waals surface area contributed by atoms with Gasteiger partial charge in [-0.25, -0.2) is 0 Å². The molecule has 1 saturated heterocycles. The van der Waals surface area contributed by atoms with Crippen LogP contribution in [-0.2, 0) is 0 Å². The Balaban J connectivity index is 0.744. The summed E-state index contributed by atoms with van der Waals surface area (Å²) in [5.41, 5.74) is 8.24. The molecule has 0 amide bonds. The van der Waals surface area contributed by atoms with E-state index in [1.54, 1.807) is 5.57 Å². The largest absolute Gasteiger partial charge is 0.298 e. The van der Waals surface area contributed by atoms with Crippen molar-refractivity contribution in [1.29, 1.82) is 0 Å². The van der Waals surface area contributed by atoms with E-state index < -0.39 is 0 Å². The number of nitrogens with one attached hydrogen (secondary N) is 2. The van der Waals surface area contributed by atoms with Gasteiger partial charge in [-0.2, -0.15) is 0 Å². The summed E-state index contributed by atoms with van der Waals surface area (Å²) in [6.07, 6.45) is 67.1. The third kappa shape index (κ3) is 7.22. The maximum absolute atomic E-state index is 4.34. The Morgan fingerprint density at radius 2 is 1.26 bits per heavy atom. The number of rotatable bonds is 6. The van der Waals surface area contributed by atoms with Crippen LogP contribution in [0.2, 0.25) is 0 Å². The molecule has 0 radical (unpaired) electrons. The minimum Gasteiger partial charge on any atom is -0.298 e. The summed E-state index contributed by atoms with van der Waals surface area (Å²) < 4.78 is 0. The fourth-order valence-corrected chi connectivity index (χ4v) is 18.7. The van der Waals surface area contributed by atoms with E-state index in [0.29, 0.717) is 29.6 Å². The van der Waals surface area contributed by atoms with Gasteiger partial charge in [-0.15, -0.1) is 0 Å². The van der Waals surface area contributed by atoms with Crippen molar-refractivity contribution in [1.82, 2.24) is 10.6 Å². The van der Waals surface area contributed by atoms with Gasteiger partial charge in [-0.05, 0) is 219 Å². The van der Waals surface area contributed by atoms with E-state index in [-0.39, 0.29) is 0 Å². The molecule has 2 nitrogen and oxygen atoms in total. The first-order valence-electron chi connectivity index (χ1n) is 27.5. The van der Waals surface area contributed by atoms with Gasteiger partial charge in [0.1, 0.15) is 0 Å². The van der Waals surface area contributed by atoms with Gasteiger partial charge in [0.2, 0.25) is 0 Å². The van der Waals surface area contributed by atoms with Gasteiger partial charge in [0, 0.05) is 23.4 Å². The van der Waals surface area contributed by atoms with Gasteiger partial charge in [0.05, 0.1) is 6.17 Å². The van der Waals surface area contributed by atoms with Crippen molar-refractivity contribution in [2.75, 3.05) is 0 Å². The molecule has 12 aliphatic rings. The molecular weight excluding hydrogens is 737 g/mol. The van der Waals surface area contributed by atoms with Crippen LogP contribution in [0.1, 0.15) is 180 Å². The highest BCUT2D eigenvalue weighted by Crippen LogP contribution is 2.74. The number of fused-ring (bicyclic) bond motifs is 9. The molecule has 12 rings (SSSR count). The van der Waals surface area contributed by atoms with Gasteiger partial charge < -0.3 is 0 Å². The second kappa shape index (κ2) is 17.5. The molecule has 0 aromatic heterocycles. The molecule has 13 unspecified atom stereocenters. The van der Waals surface area contributed by atoms with Crippen LogP contribution in [0.4, 0.5) is 0 Å². The second-order valence-corrected chi connectivity index (χ2v) is 23.8. The maximum atomic E-state index is 4.34. The van der Waals surface area contributed by atoms with E-state index in [0.717, 1.165) is 71.0 Å². The molecule has 0 bridgehead atoms. The molecule has 11 aliphatic carbocycles. The van der Waals surface area contributed by atoms with Crippen molar-refractivity contribution >= 4 is 0 Å². The van der Waals surface area contributed by atoms with Crippen LogP contribution >= 0.6 is 0 Å². The standard InChI is InChI=1S/C59H84N2/c1-3-15-39(16-4-1)40-29-33-42(34-30-40)55-38-56(61-58(60-55)44-17-5-2-6-18-44)43-35-31-41(32-36-43)45-19-13-20-46(37-45)47-24-14-28-54-57(47)50-23-9-12-27-53(50)59(54)51-25-10-7-21-48(51)49-22-8-11-26-52(49)59/h5,10-12,17,19,25-27,33,39-41,43-44,46-53,55-56,58,60-61H,1-4,6-9,13-16,18,20-24,28-32,34-38H2. The summed E-state index contributed by atoms with van der Waals surface area (Å²) >= 11 is 0. The molecule has 0 aromatic rings. The molecule has 1 heterocycles. The van der Waals surface area contributed by atoms with Crippen molar-refractivity contribution in [3.8, 4) is 0 Å². The molecular formula is C59H84N2. The smallest absolute Gasteiger partial charge is 0.0643 e. The molecule has 13 atom stereocenters. The van der Waals surface area contributed by atoms with Crippen LogP contribution < -0.4 is 10.6 Å². The highest BCUT2D eigenvalue weighted by molar-refractivity contribution is 5.46. The zero-order valence-electron chi connectivity index (χ0n) is 38.3. The average molecular weight is 821 g/mol. The fourth-order valence-electron chi connectivity index (χ4n) is 18.7. The zero-order valence-corrected chi connectivity index (χ0v) is 38.3. The predicted octanol–water partition coefficient (Wildman–Crippen LogP) is 14.7. The Morgan fingerprint density at radius 3 is 2.02 bits per heavy atom. The summed E-state index contributed by atoms with van der Waals surface area (Å²) in [4.78, 5) is 0. The molecule has 4 fully saturated rings. The van der Waals surface area contributed by atoms with E-state index in [1.807, 2.05) is 5.57 Å². The van der Waals surface area contributed by atoms with Crippen molar-refractivity contribution in [2.45, 2.75) is 198 Å². The number of hydrogen-bond acceptors (Lipinski definition) is 2. The normalized spacial score (nSPS) is 47.4. The second-order valence-electron chi connectivity index (χ2n) is 23.8. The maximum Gasteiger partial charge on any atom is 0.0643 e. The molecule has 2 heteroatoms. The lowest BCUT2D eigenvalue weighted by atomic mass is 9.57. The molecule has 1 aliphatic heterocycles. The van der Waals surface area contributed by atoms with Crippen LogP contribution in [0.5, 0.6) is 0 Å². The van der Waals surface area contributed by atoms with Crippen molar-refractivity contribution < 1.29 is 0 Å². The van der Waals surface area contributed by atoms with E-state index in [4.69, 9.17) is 0 Å². The summed E-state index contributed by atoms with van der Waals surface area (Å²) in [5.74, 6) is 11.1. The van der Waals surface area contributed by atoms with Gasteiger partial charge in [-0.1, -0.05) is 115 Å². The Labute approximate surface area is 372 Å². The van der Waals surface area contributed by atoms with E-state index in [2.05, 4.69) is 82.5 Å². The highest BCUT2D eigenvalue weighted by atomic mass is 15.2. The van der Waals surface area contributed by atoms with E-state index in [9.17, 15) is 0 Å². The van der Waals surface area contributed by atoms with Crippen LogP contribution in [0, 0.1) is 82.3 Å². The van der Waals surface area contributed by atoms with Gasteiger partial charge >= 0.3 is 0 Å². The van der Waals surface area contributed by atoms with Crippen molar-refractivity contribution in [2.24, 2.45) is 82.3 Å². The fraction of sp³-hybridized carbons (Fsp3) is 0.763. The van der Waals surface area contributed by atoms with Crippen LogP contribution in [0.3, 0.4) is 0 Å². The molecule has 330 valence electrons. The Bertz CT molecular complexity index is 1780. The lowest BCUT2D eigenvalue weighted by molar-refractivity contribution is 0.130. The highest BCUT2D eigenvalue weighted by Gasteiger charge is 2.68. The van der Waals surface area contributed by atoms with Crippen LogP contribution in [-0.4, -0.2) is 18.2 Å². The number of hydrogen-bond donors (Lipinski definition) is 2. The Hall–Kier alpha value is -1.90. The Kier molecular flexibility index (Phi) is 11.6. The molecule has 0 aromatic carbocycles. The third-order valence-electron chi connectivity index (χ3n) is 21.3. The van der Waals surface area contributed by atoms with Crippen LogP contribution in [0.15, 0.2) is 83.1 Å². The van der Waals surface area contributed by atoms with Gasteiger partial charge in [0.15, 0.2) is 0 Å². The van der Waals surface area contributed by atoms with Gasteiger partial charge in [-0.3, -0.25) is 10.6 Å². The molecule has 3 saturated carbocycles. The van der Waals surface area contributed by atoms with Crippen molar-refractivity contribution in [3.05, 3.63) is 83.1 Å². The van der Waals surface area contributed by atoms with Gasteiger partial charge in [0.25, 0.3) is 0 Å². The minimum absolute atomic E-state index is 0.392.